The number of hydrogen-bond donors (Lipinski definition) is 1. The van der Waals surface area contributed by atoms with Gasteiger partial charge in [0.05, 0.1) is 16.6 Å². The first kappa shape index (κ1) is 19.9. The van der Waals surface area contributed by atoms with E-state index in [4.69, 9.17) is 0 Å². The highest BCUT2D eigenvalue weighted by atomic mass is 32.1. The first-order chi connectivity index (χ1) is 15.0. The molecule has 0 unspecified atom stereocenters. The second-order valence-electron chi connectivity index (χ2n) is 7.58. The summed E-state index contributed by atoms with van der Waals surface area (Å²) in [6, 6.07) is 12.8. The number of aromatic hydroxyl groups is 1. The molecule has 1 fully saturated rings. The van der Waals surface area contributed by atoms with Gasteiger partial charge in [0.15, 0.2) is 0 Å². The van der Waals surface area contributed by atoms with Gasteiger partial charge < -0.3 is 10.0 Å². The maximum atomic E-state index is 14.2. The van der Waals surface area contributed by atoms with E-state index in [1.54, 1.807) is 25.1 Å². The molecule has 31 heavy (non-hydrogen) atoms. The zero-order chi connectivity index (χ0) is 21.5. The van der Waals surface area contributed by atoms with Crippen LogP contribution in [0, 0.1) is 18.6 Å². The van der Waals surface area contributed by atoms with Crippen LogP contribution in [0.4, 0.5) is 14.5 Å². The Morgan fingerprint density at radius 2 is 1.81 bits per heavy atom. The van der Waals surface area contributed by atoms with Crippen LogP contribution in [0.1, 0.15) is 22.3 Å². The third-order valence-electron chi connectivity index (χ3n) is 5.59. The summed E-state index contributed by atoms with van der Waals surface area (Å²) in [5, 5.41) is 15.1. The summed E-state index contributed by atoms with van der Waals surface area (Å²) in [7, 11) is 0. The number of rotatable bonds is 4. The average molecular weight is 442 g/mol. The van der Waals surface area contributed by atoms with Crippen molar-refractivity contribution in [3.05, 3.63) is 76.4 Å². The summed E-state index contributed by atoms with van der Waals surface area (Å²) in [5.41, 5.74) is 1.33. The second kappa shape index (κ2) is 7.90. The fourth-order valence-corrected chi connectivity index (χ4v) is 5.32. The van der Waals surface area contributed by atoms with Crippen molar-refractivity contribution in [1.82, 2.24) is 19.5 Å². The molecule has 0 spiro atoms. The van der Waals surface area contributed by atoms with Crippen LogP contribution in [0.2, 0.25) is 0 Å². The van der Waals surface area contributed by atoms with Crippen molar-refractivity contribution in [3.63, 3.8) is 0 Å². The van der Waals surface area contributed by atoms with Gasteiger partial charge in [-0.25, -0.2) is 13.8 Å². The van der Waals surface area contributed by atoms with E-state index < -0.39 is 0 Å². The van der Waals surface area contributed by atoms with Crippen molar-refractivity contribution in [2.24, 2.45) is 0 Å². The van der Waals surface area contributed by atoms with E-state index in [0.29, 0.717) is 47.5 Å². The number of benzene rings is 2. The largest absolute Gasteiger partial charge is 0.492 e. The molecular formula is C22H21F2N5OS. The van der Waals surface area contributed by atoms with Crippen LogP contribution in [0.25, 0.3) is 4.96 Å². The summed E-state index contributed by atoms with van der Waals surface area (Å²) in [5.74, 6) is 0.0267. The number of nitrogens with zero attached hydrogens (tertiary/aromatic N) is 5. The third kappa shape index (κ3) is 3.64. The molecular weight excluding hydrogens is 420 g/mol. The first-order valence-corrected chi connectivity index (χ1v) is 10.9. The van der Waals surface area contributed by atoms with Crippen LogP contribution in [-0.4, -0.2) is 50.8 Å². The van der Waals surface area contributed by atoms with Gasteiger partial charge in [0.25, 0.3) is 0 Å². The highest BCUT2D eigenvalue weighted by Crippen LogP contribution is 2.40. The molecule has 0 saturated carbocycles. The van der Waals surface area contributed by atoms with Crippen molar-refractivity contribution in [2.75, 3.05) is 31.1 Å². The topological polar surface area (TPSA) is 56.9 Å². The quantitative estimate of drug-likeness (QED) is 0.519. The van der Waals surface area contributed by atoms with Crippen LogP contribution in [0.5, 0.6) is 5.88 Å². The van der Waals surface area contributed by atoms with Crippen molar-refractivity contribution in [1.29, 1.82) is 0 Å². The summed E-state index contributed by atoms with van der Waals surface area (Å²) >= 11 is 1.35. The predicted molar refractivity (Wildman–Crippen MR) is 116 cm³/mol. The summed E-state index contributed by atoms with van der Waals surface area (Å²) in [4.78, 5) is 9.82. The van der Waals surface area contributed by atoms with Crippen molar-refractivity contribution >= 4 is 22.0 Å². The van der Waals surface area contributed by atoms with Gasteiger partial charge in [-0.2, -0.15) is 4.52 Å². The van der Waals surface area contributed by atoms with E-state index >= 15 is 0 Å². The summed E-state index contributed by atoms with van der Waals surface area (Å²) < 4.78 is 29.7. The number of fused-ring (bicyclic) bond motifs is 1. The Hall–Kier alpha value is -3.04. The maximum Gasteiger partial charge on any atom is 0.230 e. The molecule has 1 N–H and O–H groups in total. The Kier molecular flexibility index (Phi) is 5.07. The van der Waals surface area contributed by atoms with Crippen LogP contribution < -0.4 is 4.90 Å². The molecule has 1 aliphatic rings. The summed E-state index contributed by atoms with van der Waals surface area (Å²) in [6.45, 7) is 4.26. The van der Waals surface area contributed by atoms with Crippen LogP contribution in [0.15, 0.2) is 48.5 Å². The van der Waals surface area contributed by atoms with Gasteiger partial charge in [0.2, 0.25) is 10.8 Å². The molecule has 0 radical (unpaired) electrons. The molecule has 2 aromatic carbocycles. The molecule has 1 aliphatic heterocycles. The Labute approximate surface area is 182 Å². The van der Waals surface area contributed by atoms with E-state index in [1.165, 1.54) is 34.1 Å². The Morgan fingerprint density at radius 3 is 2.52 bits per heavy atom. The number of hydrogen-bond acceptors (Lipinski definition) is 6. The van der Waals surface area contributed by atoms with Crippen LogP contribution in [-0.2, 0) is 0 Å². The number of piperazine rings is 1. The first-order valence-electron chi connectivity index (χ1n) is 10.1. The molecule has 4 aromatic rings. The molecule has 1 atom stereocenters. The molecule has 0 bridgehead atoms. The molecule has 1 saturated heterocycles. The maximum absolute atomic E-state index is 14.2. The Morgan fingerprint density at radius 1 is 1.03 bits per heavy atom. The molecule has 2 aromatic heterocycles. The fraction of sp³-hybridized carbons (Fsp3) is 0.273. The Bertz CT molecular complexity index is 1230. The lowest BCUT2D eigenvalue weighted by Crippen LogP contribution is -2.48. The number of para-hydroxylation sites is 1. The van der Waals surface area contributed by atoms with E-state index in [-0.39, 0.29) is 23.6 Å². The normalized spacial score (nSPS) is 16.2. The van der Waals surface area contributed by atoms with Gasteiger partial charge in [-0.15, -0.1) is 5.10 Å². The number of aryl methyl sites for hydroxylation is 1. The fourth-order valence-electron chi connectivity index (χ4n) is 4.16. The highest BCUT2D eigenvalue weighted by molar-refractivity contribution is 7.17. The minimum Gasteiger partial charge on any atom is -0.492 e. The molecule has 0 amide bonds. The molecule has 6 nitrogen and oxygen atoms in total. The zero-order valence-electron chi connectivity index (χ0n) is 16.9. The SMILES string of the molecule is Cc1nc2sc([C@H](c3cccc(F)c3)N3CCN(c4ccccc4F)CC3)c(O)n2n1. The minimum atomic E-state index is -0.354. The average Bonchev–Trinajstić information content (AvgIpc) is 3.27. The molecule has 9 heteroatoms. The highest BCUT2D eigenvalue weighted by Gasteiger charge is 2.32. The van der Waals surface area contributed by atoms with Gasteiger partial charge in [0, 0.05) is 26.2 Å². The molecule has 0 aliphatic carbocycles. The standard InChI is InChI=1S/C22H21F2N5OS/c1-14-25-22-29(26-14)21(30)20(31-22)19(15-5-4-6-16(23)13-15)28-11-9-27(10-12-28)18-8-3-2-7-17(18)24/h2-8,13,19,30H,9-12H2,1H3/t19-/m0/s1. The lowest BCUT2D eigenvalue weighted by molar-refractivity contribution is 0.210. The van der Waals surface area contributed by atoms with E-state index in [2.05, 4.69) is 15.0 Å². The second-order valence-corrected chi connectivity index (χ2v) is 8.58. The van der Waals surface area contributed by atoms with E-state index in [1.807, 2.05) is 17.0 Å². The van der Waals surface area contributed by atoms with Crippen molar-refractivity contribution in [3.8, 4) is 5.88 Å². The lowest BCUT2D eigenvalue weighted by atomic mass is 10.0. The van der Waals surface area contributed by atoms with Crippen molar-refractivity contribution in [2.45, 2.75) is 13.0 Å². The lowest BCUT2D eigenvalue weighted by Gasteiger charge is -2.40. The monoisotopic (exact) mass is 441 g/mol. The van der Waals surface area contributed by atoms with Gasteiger partial charge in [-0.05, 0) is 36.8 Å². The summed E-state index contributed by atoms with van der Waals surface area (Å²) in [6.07, 6.45) is 0. The van der Waals surface area contributed by atoms with Crippen LogP contribution in [0.3, 0.4) is 0 Å². The Balaban J connectivity index is 1.49. The van der Waals surface area contributed by atoms with Gasteiger partial charge in [-0.1, -0.05) is 35.6 Å². The number of halogens is 2. The number of aromatic nitrogens is 3. The van der Waals surface area contributed by atoms with Gasteiger partial charge in [-0.3, -0.25) is 4.90 Å². The van der Waals surface area contributed by atoms with Gasteiger partial charge in [0.1, 0.15) is 17.5 Å². The zero-order valence-corrected chi connectivity index (χ0v) is 17.7. The van der Waals surface area contributed by atoms with E-state index in [0.717, 1.165) is 5.56 Å². The minimum absolute atomic E-state index is 0.0198. The smallest absolute Gasteiger partial charge is 0.230 e. The van der Waals surface area contributed by atoms with E-state index in [9.17, 15) is 13.9 Å². The molecule has 160 valence electrons. The van der Waals surface area contributed by atoms with Gasteiger partial charge >= 0.3 is 0 Å². The third-order valence-corrected chi connectivity index (χ3v) is 6.66. The van der Waals surface area contributed by atoms with Crippen LogP contribution >= 0.6 is 11.3 Å². The molecule has 3 heterocycles. The number of thiazole rings is 1. The predicted octanol–water partition coefficient (Wildman–Crippen LogP) is 3.99. The van der Waals surface area contributed by atoms with Crippen molar-refractivity contribution < 1.29 is 13.9 Å². The number of anilines is 1. The molecule has 5 rings (SSSR count).